The molecule has 0 aliphatic heterocycles. The zero-order valence-electron chi connectivity index (χ0n) is 21.5. The average molecular weight is 480 g/mol. The number of anilines is 1. The fourth-order valence-corrected chi connectivity index (χ4v) is 4.60. The van der Waals surface area contributed by atoms with Gasteiger partial charge in [0.2, 0.25) is 0 Å². The van der Waals surface area contributed by atoms with Crippen LogP contribution in [0, 0.1) is 6.92 Å². The molecule has 0 bridgehead atoms. The SMILES string of the molecule is CCCCC/C(=C\c1ccccc1)CN(CCc1c[nH]c2ccccc12)C(=O)Nc1cccc(C)c1. The summed E-state index contributed by atoms with van der Waals surface area (Å²) in [6, 6.07) is 26.7. The number of benzene rings is 3. The Labute approximate surface area is 215 Å². The van der Waals surface area contributed by atoms with E-state index in [-0.39, 0.29) is 6.03 Å². The third kappa shape index (κ3) is 7.11. The molecule has 1 aromatic heterocycles. The summed E-state index contributed by atoms with van der Waals surface area (Å²) in [7, 11) is 0. The number of urea groups is 1. The van der Waals surface area contributed by atoms with E-state index in [1.807, 2.05) is 48.2 Å². The van der Waals surface area contributed by atoms with Crippen LogP contribution in [0.15, 0.2) is 90.6 Å². The summed E-state index contributed by atoms with van der Waals surface area (Å²) in [6.45, 7) is 5.51. The van der Waals surface area contributed by atoms with Crippen LogP contribution in [0.25, 0.3) is 17.0 Å². The van der Waals surface area contributed by atoms with Gasteiger partial charge in [-0.1, -0.05) is 92.1 Å². The van der Waals surface area contributed by atoms with Crippen molar-refractivity contribution in [2.45, 2.75) is 46.0 Å². The molecule has 0 aliphatic rings. The van der Waals surface area contributed by atoms with Crippen molar-refractivity contribution < 1.29 is 4.79 Å². The van der Waals surface area contributed by atoms with Gasteiger partial charge in [0.15, 0.2) is 0 Å². The van der Waals surface area contributed by atoms with Gasteiger partial charge in [0.05, 0.1) is 0 Å². The number of fused-ring (bicyclic) bond motifs is 1. The van der Waals surface area contributed by atoms with Crippen LogP contribution in [0.5, 0.6) is 0 Å². The average Bonchev–Trinajstić information content (AvgIpc) is 3.30. The lowest BCUT2D eigenvalue weighted by molar-refractivity contribution is 0.216. The number of unbranched alkanes of at least 4 members (excludes halogenated alkanes) is 2. The normalized spacial score (nSPS) is 11.6. The highest BCUT2D eigenvalue weighted by molar-refractivity contribution is 5.90. The van der Waals surface area contributed by atoms with Crippen molar-refractivity contribution in [3.8, 4) is 0 Å². The molecule has 0 atom stereocenters. The summed E-state index contributed by atoms with van der Waals surface area (Å²) in [5, 5.41) is 4.36. The molecule has 4 rings (SSSR count). The number of rotatable bonds is 11. The molecular formula is C32H37N3O. The van der Waals surface area contributed by atoms with Gasteiger partial charge in [-0.3, -0.25) is 0 Å². The third-order valence-corrected chi connectivity index (χ3v) is 6.55. The Bertz CT molecular complexity index is 1290. The van der Waals surface area contributed by atoms with Crippen molar-refractivity contribution >= 4 is 28.7 Å². The molecule has 36 heavy (non-hydrogen) atoms. The van der Waals surface area contributed by atoms with Gasteiger partial charge in [-0.2, -0.15) is 0 Å². The van der Waals surface area contributed by atoms with Gasteiger partial charge in [-0.15, -0.1) is 0 Å². The van der Waals surface area contributed by atoms with E-state index in [9.17, 15) is 4.79 Å². The van der Waals surface area contributed by atoms with E-state index < -0.39 is 0 Å². The molecule has 0 fully saturated rings. The van der Waals surface area contributed by atoms with Crippen LogP contribution >= 0.6 is 0 Å². The molecule has 0 spiro atoms. The Morgan fingerprint density at radius 1 is 0.972 bits per heavy atom. The molecule has 0 aliphatic carbocycles. The maximum atomic E-state index is 13.5. The van der Waals surface area contributed by atoms with Crippen LogP contribution in [0.4, 0.5) is 10.5 Å². The first-order valence-electron chi connectivity index (χ1n) is 13.0. The van der Waals surface area contributed by atoms with Crippen molar-refractivity contribution in [3.63, 3.8) is 0 Å². The standard InChI is InChI=1S/C32H37N3O/c1-3-4-6-15-27(22-26-13-7-5-8-14-26)24-35(32(36)34-29-16-11-12-25(2)21-29)20-19-28-23-33-31-18-10-9-17-30(28)31/h5,7-14,16-18,21-23,33H,3-4,6,15,19-20,24H2,1-2H3,(H,34,36)/b27-22+. The summed E-state index contributed by atoms with van der Waals surface area (Å²) in [5.41, 5.74) is 6.79. The molecule has 0 unspecified atom stereocenters. The number of aryl methyl sites for hydroxylation is 1. The van der Waals surface area contributed by atoms with Crippen molar-refractivity contribution in [3.05, 3.63) is 107 Å². The first kappa shape index (κ1) is 25.3. The molecule has 0 saturated carbocycles. The maximum absolute atomic E-state index is 13.5. The maximum Gasteiger partial charge on any atom is 0.322 e. The van der Waals surface area contributed by atoms with Crippen LogP contribution in [0.3, 0.4) is 0 Å². The molecule has 3 aromatic carbocycles. The van der Waals surface area contributed by atoms with E-state index in [1.165, 1.54) is 34.9 Å². The highest BCUT2D eigenvalue weighted by Crippen LogP contribution is 2.21. The van der Waals surface area contributed by atoms with Gasteiger partial charge in [0, 0.05) is 35.9 Å². The van der Waals surface area contributed by atoms with Crippen LogP contribution < -0.4 is 5.32 Å². The van der Waals surface area contributed by atoms with E-state index in [4.69, 9.17) is 0 Å². The summed E-state index contributed by atoms with van der Waals surface area (Å²) < 4.78 is 0. The number of carbonyl (C=O) groups excluding carboxylic acids is 1. The molecule has 4 heteroatoms. The Morgan fingerprint density at radius 3 is 2.58 bits per heavy atom. The van der Waals surface area contributed by atoms with Crippen LogP contribution in [0.2, 0.25) is 0 Å². The lowest BCUT2D eigenvalue weighted by Crippen LogP contribution is -2.38. The first-order chi connectivity index (χ1) is 17.6. The number of hydrogen-bond donors (Lipinski definition) is 2. The number of para-hydroxylation sites is 1. The van der Waals surface area contributed by atoms with E-state index in [1.54, 1.807) is 0 Å². The predicted octanol–water partition coefficient (Wildman–Crippen LogP) is 8.22. The molecule has 4 nitrogen and oxygen atoms in total. The molecule has 4 aromatic rings. The Morgan fingerprint density at radius 2 is 1.78 bits per heavy atom. The number of aromatic amines is 1. The van der Waals surface area contributed by atoms with Crippen LogP contribution in [0.1, 0.15) is 49.3 Å². The van der Waals surface area contributed by atoms with Crippen LogP contribution in [-0.2, 0) is 6.42 Å². The fourth-order valence-electron chi connectivity index (χ4n) is 4.60. The number of carbonyl (C=O) groups is 1. The number of hydrogen-bond acceptors (Lipinski definition) is 1. The van der Waals surface area contributed by atoms with Crippen LogP contribution in [-0.4, -0.2) is 29.0 Å². The molecule has 186 valence electrons. The molecular weight excluding hydrogens is 442 g/mol. The smallest absolute Gasteiger partial charge is 0.322 e. The lowest BCUT2D eigenvalue weighted by Gasteiger charge is -2.25. The number of aromatic nitrogens is 1. The number of amides is 2. The van der Waals surface area contributed by atoms with Crippen molar-refractivity contribution in [1.29, 1.82) is 0 Å². The van der Waals surface area contributed by atoms with Gasteiger partial charge >= 0.3 is 6.03 Å². The lowest BCUT2D eigenvalue weighted by atomic mass is 10.0. The zero-order chi connectivity index (χ0) is 25.2. The minimum Gasteiger partial charge on any atom is -0.361 e. The van der Waals surface area contributed by atoms with Crippen molar-refractivity contribution in [2.75, 3.05) is 18.4 Å². The minimum absolute atomic E-state index is 0.0603. The van der Waals surface area contributed by atoms with E-state index in [2.05, 4.69) is 72.0 Å². The topological polar surface area (TPSA) is 48.1 Å². The first-order valence-corrected chi connectivity index (χ1v) is 13.0. The largest absolute Gasteiger partial charge is 0.361 e. The van der Waals surface area contributed by atoms with Crippen molar-refractivity contribution in [2.24, 2.45) is 0 Å². The van der Waals surface area contributed by atoms with E-state index >= 15 is 0 Å². The van der Waals surface area contributed by atoms with Gasteiger partial charge in [0.1, 0.15) is 0 Å². The number of nitrogens with one attached hydrogen (secondary N) is 2. The van der Waals surface area contributed by atoms with Crippen molar-refractivity contribution in [1.82, 2.24) is 9.88 Å². The Hall–Kier alpha value is -3.79. The summed E-state index contributed by atoms with van der Waals surface area (Å²) >= 11 is 0. The summed E-state index contributed by atoms with van der Waals surface area (Å²) in [5.74, 6) is 0. The molecule has 0 radical (unpaired) electrons. The second-order valence-corrected chi connectivity index (χ2v) is 9.50. The minimum atomic E-state index is -0.0603. The quantitative estimate of drug-likeness (QED) is 0.209. The molecule has 1 heterocycles. The van der Waals surface area contributed by atoms with E-state index in [0.29, 0.717) is 13.1 Å². The number of nitrogens with zero attached hydrogens (tertiary/aromatic N) is 1. The second kappa shape index (κ2) is 12.8. The molecule has 2 amide bonds. The summed E-state index contributed by atoms with van der Waals surface area (Å²) in [6.07, 6.45) is 9.61. The Kier molecular flexibility index (Phi) is 8.98. The summed E-state index contributed by atoms with van der Waals surface area (Å²) in [4.78, 5) is 18.9. The molecule has 0 saturated heterocycles. The van der Waals surface area contributed by atoms with Gasteiger partial charge < -0.3 is 15.2 Å². The highest BCUT2D eigenvalue weighted by atomic mass is 16.2. The van der Waals surface area contributed by atoms with Gasteiger partial charge in [-0.25, -0.2) is 4.79 Å². The second-order valence-electron chi connectivity index (χ2n) is 9.50. The fraction of sp³-hybridized carbons (Fsp3) is 0.281. The van der Waals surface area contributed by atoms with E-state index in [0.717, 1.165) is 36.0 Å². The predicted molar refractivity (Wildman–Crippen MR) is 152 cm³/mol. The molecule has 2 N–H and O–H groups in total. The van der Waals surface area contributed by atoms with Gasteiger partial charge in [-0.05, 0) is 61.1 Å². The monoisotopic (exact) mass is 479 g/mol. The zero-order valence-corrected chi connectivity index (χ0v) is 21.5. The highest BCUT2D eigenvalue weighted by Gasteiger charge is 2.17. The third-order valence-electron chi connectivity index (χ3n) is 6.55. The van der Waals surface area contributed by atoms with Gasteiger partial charge in [0.25, 0.3) is 0 Å². The Balaban J connectivity index is 1.56. The number of H-pyrrole nitrogens is 1.